The van der Waals surface area contributed by atoms with E-state index in [4.69, 9.17) is 4.42 Å². The Morgan fingerprint density at radius 3 is 2.60 bits per heavy atom. The molecule has 2 rings (SSSR count). The van der Waals surface area contributed by atoms with Crippen LogP contribution in [0.15, 0.2) is 16.7 Å². The SMILES string of the molecule is CCN(Cc1cc(CNC(C)(C)C)co1)C1CCCC1. The molecule has 1 N–H and O–H groups in total. The molecule has 0 aromatic carbocycles. The van der Waals surface area contributed by atoms with Crippen molar-refractivity contribution in [3.05, 3.63) is 23.7 Å². The predicted octanol–water partition coefficient (Wildman–Crippen LogP) is 3.93. The van der Waals surface area contributed by atoms with E-state index in [1.807, 2.05) is 6.26 Å². The molecule has 0 saturated heterocycles. The third-order valence-corrected chi connectivity index (χ3v) is 4.14. The summed E-state index contributed by atoms with van der Waals surface area (Å²) in [6, 6.07) is 2.97. The molecule has 0 radical (unpaired) electrons. The average Bonchev–Trinajstić information content (AvgIpc) is 3.04. The monoisotopic (exact) mass is 278 g/mol. The van der Waals surface area contributed by atoms with Gasteiger partial charge in [-0.1, -0.05) is 19.8 Å². The number of nitrogens with zero attached hydrogens (tertiary/aromatic N) is 1. The number of hydrogen-bond acceptors (Lipinski definition) is 3. The van der Waals surface area contributed by atoms with Crippen molar-refractivity contribution in [1.82, 2.24) is 10.2 Å². The molecule has 1 fully saturated rings. The van der Waals surface area contributed by atoms with Crippen LogP contribution in [0.1, 0.15) is 64.7 Å². The number of rotatable bonds is 6. The Hall–Kier alpha value is -0.800. The second kappa shape index (κ2) is 6.77. The van der Waals surface area contributed by atoms with Crippen LogP contribution < -0.4 is 5.32 Å². The zero-order chi connectivity index (χ0) is 14.6. The first-order valence-corrected chi connectivity index (χ1v) is 8.03. The summed E-state index contributed by atoms with van der Waals surface area (Å²) < 4.78 is 5.74. The van der Waals surface area contributed by atoms with Crippen LogP contribution in [0.5, 0.6) is 0 Å². The van der Waals surface area contributed by atoms with E-state index in [0.717, 1.165) is 31.4 Å². The van der Waals surface area contributed by atoms with Crippen molar-refractivity contribution in [3.63, 3.8) is 0 Å². The molecule has 1 aliphatic rings. The maximum Gasteiger partial charge on any atom is 0.118 e. The standard InChI is InChI=1S/C17H30N2O/c1-5-19(15-8-6-7-9-15)12-16-10-14(13-20-16)11-18-17(2,3)4/h10,13,15,18H,5-9,11-12H2,1-4H3. The van der Waals surface area contributed by atoms with Gasteiger partial charge >= 0.3 is 0 Å². The van der Waals surface area contributed by atoms with Crippen LogP contribution in [0.4, 0.5) is 0 Å². The molecule has 1 aromatic heterocycles. The van der Waals surface area contributed by atoms with Gasteiger partial charge in [-0.2, -0.15) is 0 Å². The van der Waals surface area contributed by atoms with E-state index < -0.39 is 0 Å². The summed E-state index contributed by atoms with van der Waals surface area (Å²) in [6.45, 7) is 11.8. The van der Waals surface area contributed by atoms with E-state index in [0.29, 0.717) is 0 Å². The summed E-state index contributed by atoms with van der Waals surface area (Å²) in [5.41, 5.74) is 1.40. The molecule has 0 aliphatic heterocycles. The van der Waals surface area contributed by atoms with E-state index in [1.54, 1.807) is 0 Å². The van der Waals surface area contributed by atoms with E-state index >= 15 is 0 Å². The molecule has 114 valence electrons. The molecule has 1 heterocycles. The molecule has 0 spiro atoms. The lowest BCUT2D eigenvalue weighted by Crippen LogP contribution is -2.34. The van der Waals surface area contributed by atoms with E-state index in [9.17, 15) is 0 Å². The van der Waals surface area contributed by atoms with Gasteiger partial charge in [-0.05, 0) is 46.2 Å². The molecule has 3 nitrogen and oxygen atoms in total. The van der Waals surface area contributed by atoms with E-state index in [2.05, 4.69) is 44.0 Å². The molecule has 0 amide bonds. The maximum atomic E-state index is 5.74. The van der Waals surface area contributed by atoms with Crippen molar-refractivity contribution in [1.29, 1.82) is 0 Å². The first-order chi connectivity index (χ1) is 9.48. The maximum absolute atomic E-state index is 5.74. The minimum Gasteiger partial charge on any atom is -0.468 e. The molecular weight excluding hydrogens is 248 g/mol. The van der Waals surface area contributed by atoms with Gasteiger partial charge in [0.05, 0.1) is 12.8 Å². The predicted molar refractivity (Wildman–Crippen MR) is 83.6 cm³/mol. The fourth-order valence-corrected chi connectivity index (χ4v) is 2.94. The zero-order valence-electron chi connectivity index (χ0n) is 13.5. The largest absolute Gasteiger partial charge is 0.468 e. The van der Waals surface area contributed by atoms with E-state index in [-0.39, 0.29) is 5.54 Å². The van der Waals surface area contributed by atoms with Crippen molar-refractivity contribution in [2.75, 3.05) is 6.54 Å². The van der Waals surface area contributed by atoms with Gasteiger partial charge in [0.25, 0.3) is 0 Å². The minimum absolute atomic E-state index is 0.150. The molecular formula is C17H30N2O. The Bertz CT molecular complexity index is 399. The number of nitrogens with one attached hydrogen (secondary N) is 1. The molecule has 1 saturated carbocycles. The van der Waals surface area contributed by atoms with Crippen molar-refractivity contribution in [2.45, 2.75) is 78.0 Å². The van der Waals surface area contributed by atoms with Gasteiger partial charge in [0, 0.05) is 23.7 Å². The fraction of sp³-hybridized carbons (Fsp3) is 0.765. The van der Waals surface area contributed by atoms with Gasteiger partial charge in [-0.3, -0.25) is 4.90 Å². The molecule has 0 atom stereocenters. The third-order valence-electron chi connectivity index (χ3n) is 4.14. The highest BCUT2D eigenvalue weighted by Gasteiger charge is 2.22. The Balaban J connectivity index is 1.87. The topological polar surface area (TPSA) is 28.4 Å². The summed E-state index contributed by atoms with van der Waals surface area (Å²) in [7, 11) is 0. The molecule has 0 unspecified atom stereocenters. The Morgan fingerprint density at radius 2 is 2.00 bits per heavy atom. The first kappa shape index (κ1) is 15.6. The normalized spacial score (nSPS) is 17.2. The van der Waals surface area contributed by atoms with Crippen LogP contribution in [0.2, 0.25) is 0 Å². The summed E-state index contributed by atoms with van der Waals surface area (Å²) in [6.07, 6.45) is 7.39. The van der Waals surface area contributed by atoms with Crippen LogP contribution in [0.3, 0.4) is 0 Å². The number of furan rings is 1. The molecule has 1 aromatic rings. The lowest BCUT2D eigenvalue weighted by atomic mass is 10.1. The quantitative estimate of drug-likeness (QED) is 0.854. The van der Waals surface area contributed by atoms with Crippen LogP contribution in [-0.4, -0.2) is 23.0 Å². The third kappa shape index (κ3) is 4.64. The fourth-order valence-electron chi connectivity index (χ4n) is 2.94. The second-order valence-corrected chi connectivity index (χ2v) is 7.03. The lowest BCUT2D eigenvalue weighted by molar-refractivity contribution is 0.185. The summed E-state index contributed by atoms with van der Waals surface area (Å²) in [4.78, 5) is 2.56. The molecule has 20 heavy (non-hydrogen) atoms. The summed E-state index contributed by atoms with van der Waals surface area (Å²) >= 11 is 0. The molecule has 0 bridgehead atoms. The minimum atomic E-state index is 0.150. The zero-order valence-corrected chi connectivity index (χ0v) is 13.5. The molecule has 1 aliphatic carbocycles. The Labute approximate surface area is 123 Å². The Morgan fingerprint density at radius 1 is 1.30 bits per heavy atom. The summed E-state index contributed by atoms with van der Waals surface area (Å²) in [5.74, 6) is 1.10. The highest BCUT2D eigenvalue weighted by Crippen LogP contribution is 2.25. The number of hydrogen-bond donors (Lipinski definition) is 1. The van der Waals surface area contributed by atoms with Crippen molar-refractivity contribution < 1.29 is 4.42 Å². The van der Waals surface area contributed by atoms with Gasteiger partial charge in [0.1, 0.15) is 5.76 Å². The van der Waals surface area contributed by atoms with Crippen LogP contribution in [-0.2, 0) is 13.1 Å². The summed E-state index contributed by atoms with van der Waals surface area (Å²) in [5, 5.41) is 3.50. The van der Waals surface area contributed by atoms with Crippen molar-refractivity contribution in [2.24, 2.45) is 0 Å². The average molecular weight is 278 g/mol. The highest BCUT2D eigenvalue weighted by atomic mass is 16.3. The van der Waals surface area contributed by atoms with Crippen molar-refractivity contribution in [3.8, 4) is 0 Å². The van der Waals surface area contributed by atoms with Gasteiger partial charge in [0.2, 0.25) is 0 Å². The van der Waals surface area contributed by atoms with Crippen LogP contribution in [0, 0.1) is 0 Å². The second-order valence-electron chi connectivity index (χ2n) is 7.03. The van der Waals surface area contributed by atoms with Gasteiger partial charge in [0.15, 0.2) is 0 Å². The molecule has 3 heteroatoms. The van der Waals surface area contributed by atoms with Gasteiger partial charge in [-0.25, -0.2) is 0 Å². The van der Waals surface area contributed by atoms with Gasteiger partial charge < -0.3 is 9.73 Å². The Kier molecular flexibility index (Phi) is 5.28. The highest BCUT2D eigenvalue weighted by molar-refractivity contribution is 5.13. The van der Waals surface area contributed by atoms with Crippen LogP contribution >= 0.6 is 0 Å². The lowest BCUT2D eigenvalue weighted by Gasteiger charge is -2.26. The van der Waals surface area contributed by atoms with Gasteiger partial charge in [-0.15, -0.1) is 0 Å². The van der Waals surface area contributed by atoms with Crippen LogP contribution in [0.25, 0.3) is 0 Å². The smallest absolute Gasteiger partial charge is 0.118 e. The first-order valence-electron chi connectivity index (χ1n) is 8.03. The van der Waals surface area contributed by atoms with E-state index in [1.165, 1.54) is 31.2 Å². The van der Waals surface area contributed by atoms with Crippen molar-refractivity contribution >= 4 is 0 Å².